The normalized spacial score (nSPS) is 12.8. The summed E-state index contributed by atoms with van der Waals surface area (Å²) in [4.78, 5) is 26.5. The number of amides is 2. The van der Waals surface area contributed by atoms with E-state index >= 15 is 0 Å². The van der Waals surface area contributed by atoms with Gasteiger partial charge in [0.05, 0.1) is 19.3 Å². The Morgan fingerprint density at radius 1 is 1.06 bits per heavy atom. The first-order chi connectivity index (χ1) is 16.1. The van der Waals surface area contributed by atoms with Gasteiger partial charge in [0.1, 0.15) is 23.9 Å². The molecular formula is C26H24N2O5. The standard InChI is InChI=1S/C26H24N2O5/c1-31-21-9-11-22(12-10-21)32-16-15-28-23-17-20(8-13-24(23)33-18-26(28)30)27-25(29)14-7-19-5-3-2-4-6-19/h2-14,17H,15-16,18H2,1H3,(H,27,29)/b14-7+. The molecule has 1 aliphatic rings. The minimum absolute atomic E-state index is 0.0406. The fourth-order valence-corrected chi connectivity index (χ4v) is 3.37. The Kier molecular flexibility index (Phi) is 6.90. The van der Waals surface area contributed by atoms with Crippen LogP contribution in [-0.2, 0) is 9.59 Å². The minimum atomic E-state index is -0.267. The van der Waals surface area contributed by atoms with E-state index in [0.717, 1.165) is 11.3 Å². The Bertz CT molecular complexity index is 1140. The SMILES string of the molecule is COc1ccc(OCCN2C(=O)COc3ccc(NC(=O)/C=C/c4ccccc4)cc32)cc1. The molecule has 0 fully saturated rings. The van der Waals surface area contributed by atoms with Crippen LogP contribution in [-0.4, -0.2) is 38.7 Å². The van der Waals surface area contributed by atoms with Crippen LogP contribution in [0.1, 0.15) is 5.56 Å². The van der Waals surface area contributed by atoms with Crippen molar-refractivity contribution in [3.63, 3.8) is 0 Å². The highest BCUT2D eigenvalue weighted by Crippen LogP contribution is 2.34. The first-order valence-electron chi connectivity index (χ1n) is 10.5. The molecule has 0 saturated heterocycles. The highest BCUT2D eigenvalue weighted by atomic mass is 16.5. The van der Waals surface area contributed by atoms with E-state index in [4.69, 9.17) is 14.2 Å². The maximum absolute atomic E-state index is 12.5. The zero-order valence-corrected chi connectivity index (χ0v) is 18.2. The van der Waals surface area contributed by atoms with Crippen LogP contribution in [0.15, 0.2) is 78.9 Å². The van der Waals surface area contributed by atoms with Crippen LogP contribution in [0.25, 0.3) is 6.08 Å². The molecule has 3 aromatic carbocycles. The number of methoxy groups -OCH3 is 1. The van der Waals surface area contributed by atoms with Crippen molar-refractivity contribution in [2.45, 2.75) is 0 Å². The number of fused-ring (bicyclic) bond motifs is 1. The van der Waals surface area contributed by atoms with E-state index in [1.807, 2.05) is 54.6 Å². The van der Waals surface area contributed by atoms with Crippen LogP contribution in [0.5, 0.6) is 17.2 Å². The summed E-state index contributed by atoms with van der Waals surface area (Å²) in [7, 11) is 1.60. The fourth-order valence-electron chi connectivity index (χ4n) is 3.37. The molecule has 1 N–H and O–H groups in total. The molecule has 1 aliphatic heterocycles. The molecule has 7 nitrogen and oxygen atoms in total. The Hall–Kier alpha value is -4.26. The molecule has 168 valence electrons. The van der Waals surface area contributed by atoms with Gasteiger partial charge in [-0.1, -0.05) is 30.3 Å². The van der Waals surface area contributed by atoms with Crippen LogP contribution < -0.4 is 24.4 Å². The number of rotatable bonds is 8. The smallest absolute Gasteiger partial charge is 0.265 e. The Morgan fingerprint density at radius 3 is 2.58 bits per heavy atom. The second-order valence-electron chi connectivity index (χ2n) is 7.27. The molecule has 0 aliphatic carbocycles. The zero-order chi connectivity index (χ0) is 23.0. The molecular weight excluding hydrogens is 420 g/mol. The molecule has 33 heavy (non-hydrogen) atoms. The average Bonchev–Trinajstić information content (AvgIpc) is 2.85. The third kappa shape index (κ3) is 5.71. The molecule has 2 amide bonds. The maximum Gasteiger partial charge on any atom is 0.265 e. The lowest BCUT2D eigenvalue weighted by Gasteiger charge is -2.29. The number of hydrogen-bond donors (Lipinski definition) is 1. The van der Waals surface area contributed by atoms with Crippen LogP contribution in [0.4, 0.5) is 11.4 Å². The summed E-state index contributed by atoms with van der Waals surface area (Å²) in [5.41, 5.74) is 2.09. The number of hydrogen-bond acceptors (Lipinski definition) is 5. The fraction of sp³-hybridized carbons (Fsp3) is 0.154. The van der Waals surface area contributed by atoms with Crippen molar-refractivity contribution >= 4 is 29.3 Å². The number of benzene rings is 3. The van der Waals surface area contributed by atoms with Crippen molar-refractivity contribution in [1.82, 2.24) is 0 Å². The quantitative estimate of drug-likeness (QED) is 0.528. The summed E-state index contributed by atoms with van der Waals surface area (Å²) in [6.45, 7) is 0.599. The van der Waals surface area contributed by atoms with Crippen molar-refractivity contribution in [1.29, 1.82) is 0 Å². The lowest BCUT2D eigenvalue weighted by Crippen LogP contribution is -2.41. The van der Waals surface area contributed by atoms with Crippen molar-refractivity contribution in [3.8, 4) is 17.2 Å². The van der Waals surface area contributed by atoms with Crippen molar-refractivity contribution < 1.29 is 23.8 Å². The predicted octanol–water partition coefficient (Wildman–Crippen LogP) is 4.15. The summed E-state index contributed by atoms with van der Waals surface area (Å²) in [5, 5.41) is 2.83. The van der Waals surface area contributed by atoms with Crippen LogP contribution in [0.2, 0.25) is 0 Å². The van der Waals surface area contributed by atoms with E-state index < -0.39 is 0 Å². The van der Waals surface area contributed by atoms with Gasteiger partial charge in [-0.2, -0.15) is 0 Å². The van der Waals surface area contributed by atoms with Gasteiger partial charge in [-0.3, -0.25) is 9.59 Å². The number of carbonyl (C=O) groups is 2. The Morgan fingerprint density at radius 2 is 1.82 bits per heavy atom. The van der Waals surface area contributed by atoms with E-state index in [1.54, 1.807) is 36.3 Å². The number of nitrogens with one attached hydrogen (secondary N) is 1. The number of carbonyl (C=O) groups excluding carboxylic acids is 2. The van der Waals surface area contributed by atoms with Gasteiger partial charge >= 0.3 is 0 Å². The average molecular weight is 444 g/mol. The van der Waals surface area contributed by atoms with Crippen molar-refractivity contribution in [3.05, 3.63) is 84.4 Å². The summed E-state index contributed by atoms with van der Waals surface area (Å²) >= 11 is 0. The molecule has 4 rings (SSSR count). The molecule has 7 heteroatoms. The van der Waals surface area contributed by atoms with Gasteiger partial charge in [-0.05, 0) is 54.1 Å². The molecule has 3 aromatic rings. The second kappa shape index (κ2) is 10.4. The lowest BCUT2D eigenvalue weighted by molar-refractivity contribution is -0.121. The Labute approximate surface area is 192 Å². The lowest BCUT2D eigenvalue weighted by atomic mass is 10.2. The maximum atomic E-state index is 12.5. The molecule has 0 unspecified atom stereocenters. The van der Waals surface area contributed by atoms with Crippen LogP contribution in [0.3, 0.4) is 0 Å². The van der Waals surface area contributed by atoms with E-state index in [2.05, 4.69) is 5.32 Å². The third-order valence-electron chi connectivity index (χ3n) is 5.04. The van der Waals surface area contributed by atoms with Gasteiger partial charge in [0, 0.05) is 11.8 Å². The van der Waals surface area contributed by atoms with E-state index in [1.165, 1.54) is 6.08 Å². The minimum Gasteiger partial charge on any atom is -0.497 e. The van der Waals surface area contributed by atoms with Gasteiger partial charge in [0.2, 0.25) is 5.91 Å². The summed E-state index contributed by atoms with van der Waals surface area (Å²) < 4.78 is 16.5. The van der Waals surface area contributed by atoms with Crippen LogP contribution >= 0.6 is 0 Å². The van der Waals surface area contributed by atoms with Gasteiger partial charge in [-0.25, -0.2) is 0 Å². The van der Waals surface area contributed by atoms with Crippen LogP contribution in [0, 0.1) is 0 Å². The molecule has 0 saturated carbocycles. The molecule has 0 spiro atoms. The highest BCUT2D eigenvalue weighted by Gasteiger charge is 2.26. The van der Waals surface area contributed by atoms with E-state index in [9.17, 15) is 9.59 Å². The highest BCUT2D eigenvalue weighted by molar-refractivity contribution is 6.03. The van der Waals surface area contributed by atoms with Gasteiger partial charge < -0.3 is 24.4 Å². The van der Waals surface area contributed by atoms with E-state index in [0.29, 0.717) is 36.0 Å². The Balaban J connectivity index is 1.41. The molecule has 0 atom stereocenters. The summed E-state index contributed by atoms with van der Waals surface area (Å²) in [5.74, 6) is 1.57. The number of anilines is 2. The summed E-state index contributed by atoms with van der Waals surface area (Å²) in [6, 6.07) is 22.0. The first kappa shape index (κ1) is 22.0. The number of ether oxygens (including phenoxy) is 3. The van der Waals surface area contributed by atoms with Gasteiger partial charge in [0.25, 0.3) is 5.91 Å². The number of nitrogens with zero attached hydrogens (tertiary/aromatic N) is 1. The second-order valence-corrected chi connectivity index (χ2v) is 7.27. The van der Waals surface area contributed by atoms with Crippen molar-refractivity contribution in [2.75, 3.05) is 37.1 Å². The topological polar surface area (TPSA) is 77.1 Å². The largest absolute Gasteiger partial charge is 0.497 e. The van der Waals surface area contributed by atoms with Gasteiger partial charge in [0.15, 0.2) is 6.61 Å². The van der Waals surface area contributed by atoms with Gasteiger partial charge in [-0.15, -0.1) is 0 Å². The molecule has 0 aromatic heterocycles. The van der Waals surface area contributed by atoms with Crippen molar-refractivity contribution in [2.24, 2.45) is 0 Å². The monoisotopic (exact) mass is 444 g/mol. The first-order valence-corrected chi connectivity index (χ1v) is 10.5. The van der Waals surface area contributed by atoms with E-state index in [-0.39, 0.29) is 18.4 Å². The zero-order valence-electron chi connectivity index (χ0n) is 18.2. The summed E-state index contributed by atoms with van der Waals surface area (Å²) in [6.07, 6.45) is 3.21. The molecule has 0 radical (unpaired) electrons. The molecule has 0 bridgehead atoms. The third-order valence-corrected chi connectivity index (χ3v) is 5.04. The molecule has 1 heterocycles. The predicted molar refractivity (Wildman–Crippen MR) is 127 cm³/mol.